The van der Waals surface area contributed by atoms with E-state index in [9.17, 15) is 19.5 Å². The van der Waals surface area contributed by atoms with Crippen LogP contribution in [-0.2, 0) is 6.42 Å². The maximum atomic E-state index is 13.0. The van der Waals surface area contributed by atoms with Crippen LogP contribution in [0.1, 0.15) is 20.7 Å². The highest BCUT2D eigenvalue weighted by molar-refractivity contribution is 7.99. The number of carboxylic acid groups (broad SMARTS) is 1. The number of aromatic carboxylic acids is 1. The summed E-state index contributed by atoms with van der Waals surface area (Å²) in [4.78, 5) is 39.2. The Bertz CT molecular complexity index is 1290. The van der Waals surface area contributed by atoms with E-state index >= 15 is 0 Å². The van der Waals surface area contributed by atoms with Gasteiger partial charge in [0.25, 0.3) is 5.56 Å². The number of carboxylic acids is 1. The van der Waals surface area contributed by atoms with Crippen LogP contribution in [0.4, 0.5) is 0 Å². The van der Waals surface area contributed by atoms with E-state index in [0.717, 1.165) is 19.9 Å². The summed E-state index contributed by atoms with van der Waals surface area (Å²) in [6.07, 6.45) is -0.0107. The molecule has 0 aliphatic carbocycles. The van der Waals surface area contributed by atoms with Gasteiger partial charge in [0.1, 0.15) is 5.56 Å². The molecule has 5 nitrogen and oxygen atoms in total. The van der Waals surface area contributed by atoms with Crippen LogP contribution in [0.15, 0.2) is 99.5 Å². The largest absolute Gasteiger partial charge is 0.477 e. The molecule has 0 aliphatic heterocycles. The Morgan fingerprint density at radius 3 is 2.17 bits per heavy atom. The van der Waals surface area contributed by atoms with Crippen molar-refractivity contribution in [2.24, 2.45) is 0 Å². The van der Waals surface area contributed by atoms with Gasteiger partial charge in [-0.25, -0.2) is 9.36 Å². The van der Waals surface area contributed by atoms with Crippen LogP contribution in [0.2, 0.25) is 0 Å². The third kappa shape index (κ3) is 4.04. The number of pyridine rings is 1. The molecule has 0 atom stereocenters. The topological polar surface area (TPSA) is 76.4 Å². The molecule has 1 heterocycles. The van der Waals surface area contributed by atoms with Crippen molar-refractivity contribution in [3.63, 3.8) is 0 Å². The Kier molecular flexibility index (Phi) is 5.50. The molecule has 0 fully saturated rings. The minimum Gasteiger partial charge on any atom is -0.477 e. The normalized spacial score (nSPS) is 10.8. The Morgan fingerprint density at radius 2 is 1.47 bits per heavy atom. The molecule has 0 spiro atoms. The van der Waals surface area contributed by atoms with Gasteiger partial charge >= 0.3 is 5.97 Å². The number of carbonyl (C=O) groups excluding carboxylic acids is 1. The minimum absolute atomic E-state index is 0.0107. The smallest absolute Gasteiger partial charge is 0.341 e. The molecule has 0 saturated heterocycles. The number of hydrogen-bond donors (Lipinski definition) is 1. The number of nitrogens with zero attached hydrogens (tertiary/aromatic N) is 1. The highest BCUT2D eigenvalue weighted by Gasteiger charge is 2.19. The fourth-order valence-electron chi connectivity index (χ4n) is 3.21. The molecule has 0 aliphatic rings. The van der Waals surface area contributed by atoms with E-state index in [4.69, 9.17) is 0 Å². The van der Waals surface area contributed by atoms with Crippen LogP contribution < -0.4 is 5.56 Å². The van der Waals surface area contributed by atoms with Gasteiger partial charge in [0.2, 0.25) is 5.91 Å². The lowest BCUT2D eigenvalue weighted by atomic mass is 10.1. The first-order chi connectivity index (χ1) is 14.5. The molecule has 148 valence electrons. The second-order valence-electron chi connectivity index (χ2n) is 6.69. The van der Waals surface area contributed by atoms with Crippen molar-refractivity contribution < 1.29 is 14.7 Å². The molecule has 6 heteroatoms. The molecule has 0 saturated carbocycles. The minimum atomic E-state index is -1.35. The molecular weight excluding hydrogens is 398 g/mol. The highest BCUT2D eigenvalue weighted by Crippen LogP contribution is 2.27. The number of hydrogen-bond acceptors (Lipinski definition) is 4. The van der Waals surface area contributed by atoms with Crippen molar-refractivity contribution >= 4 is 34.5 Å². The third-order valence-electron chi connectivity index (χ3n) is 4.65. The van der Waals surface area contributed by atoms with Crippen LogP contribution in [0.5, 0.6) is 0 Å². The van der Waals surface area contributed by atoms with E-state index < -0.39 is 23.0 Å². The molecule has 1 N–H and O–H groups in total. The standard InChI is InChI=1S/C24H17NO4S/c26-22(14-16-10-12-19(13-11-16)30-18-7-2-1-3-8-18)25-21-9-5-4-6-17(21)15-20(23(25)27)24(28)29/h1-13,15H,14H2,(H,28,29). The molecule has 0 bridgehead atoms. The van der Waals surface area contributed by atoms with Crippen molar-refractivity contribution in [1.82, 2.24) is 4.57 Å². The zero-order valence-electron chi connectivity index (χ0n) is 15.8. The first-order valence-corrected chi connectivity index (χ1v) is 10.1. The maximum absolute atomic E-state index is 13.0. The van der Waals surface area contributed by atoms with Crippen molar-refractivity contribution in [2.75, 3.05) is 0 Å². The highest BCUT2D eigenvalue weighted by atomic mass is 32.2. The second kappa shape index (κ2) is 8.39. The molecule has 4 rings (SSSR count). The summed E-state index contributed by atoms with van der Waals surface area (Å²) in [6, 6.07) is 25.6. The molecule has 1 aromatic heterocycles. The van der Waals surface area contributed by atoms with E-state index in [-0.39, 0.29) is 6.42 Å². The van der Waals surface area contributed by atoms with Crippen molar-refractivity contribution in [2.45, 2.75) is 16.2 Å². The summed E-state index contributed by atoms with van der Waals surface area (Å²) in [7, 11) is 0. The summed E-state index contributed by atoms with van der Waals surface area (Å²) in [6.45, 7) is 0. The zero-order valence-corrected chi connectivity index (χ0v) is 16.6. The van der Waals surface area contributed by atoms with Crippen LogP contribution >= 0.6 is 11.8 Å². The summed E-state index contributed by atoms with van der Waals surface area (Å²) < 4.78 is 0.964. The Hall–Kier alpha value is -3.64. The third-order valence-corrected chi connectivity index (χ3v) is 5.66. The van der Waals surface area contributed by atoms with Gasteiger partial charge in [-0.1, -0.05) is 60.3 Å². The predicted molar refractivity (Wildman–Crippen MR) is 117 cm³/mol. The first kappa shape index (κ1) is 19.7. The fourth-order valence-corrected chi connectivity index (χ4v) is 4.05. The Balaban J connectivity index is 1.63. The maximum Gasteiger partial charge on any atom is 0.341 e. The molecule has 30 heavy (non-hydrogen) atoms. The average molecular weight is 415 g/mol. The van der Waals surface area contributed by atoms with Gasteiger partial charge in [0.05, 0.1) is 11.9 Å². The molecule has 0 unspecified atom stereocenters. The number of fused-ring (bicyclic) bond motifs is 1. The van der Waals surface area contributed by atoms with Gasteiger partial charge in [0, 0.05) is 9.79 Å². The summed E-state index contributed by atoms with van der Waals surface area (Å²) in [5.41, 5.74) is -0.0954. The number of aromatic nitrogens is 1. The molecule has 3 aromatic carbocycles. The monoisotopic (exact) mass is 415 g/mol. The van der Waals surface area contributed by atoms with Crippen molar-refractivity contribution in [1.29, 1.82) is 0 Å². The van der Waals surface area contributed by atoms with E-state index in [1.54, 1.807) is 36.0 Å². The lowest BCUT2D eigenvalue weighted by Crippen LogP contribution is -2.32. The van der Waals surface area contributed by atoms with E-state index in [1.807, 2.05) is 54.6 Å². The van der Waals surface area contributed by atoms with E-state index in [1.165, 1.54) is 6.07 Å². The lowest BCUT2D eigenvalue weighted by Gasteiger charge is -2.11. The predicted octanol–water partition coefficient (Wildman–Crippen LogP) is 4.73. The van der Waals surface area contributed by atoms with Crippen molar-refractivity contribution in [3.8, 4) is 0 Å². The summed E-state index contributed by atoms with van der Waals surface area (Å²) in [5, 5.41) is 9.87. The summed E-state index contributed by atoms with van der Waals surface area (Å²) >= 11 is 1.62. The van der Waals surface area contributed by atoms with Gasteiger partial charge in [-0.05, 0) is 47.3 Å². The SMILES string of the molecule is O=C(O)c1cc2ccccc2n(C(=O)Cc2ccc(Sc3ccccc3)cc2)c1=O. The van der Waals surface area contributed by atoms with Crippen molar-refractivity contribution in [3.05, 3.63) is 106 Å². The van der Waals surface area contributed by atoms with Crippen LogP contribution in [0, 0.1) is 0 Å². The number of carbonyl (C=O) groups is 2. The van der Waals surface area contributed by atoms with E-state index in [0.29, 0.717) is 10.9 Å². The average Bonchev–Trinajstić information content (AvgIpc) is 2.75. The Labute approximate surface area is 176 Å². The first-order valence-electron chi connectivity index (χ1n) is 9.26. The van der Waals surface area contributed by atoms with Gasteiger partial charge in [-0.2, -0.15) is 0 Å². The molecular formula is C24H17NO4S. The quantitative estimate of drug-likeness (QED) is 0.510. The van der Waals surface area contributed by atoms with Crippen LogP contribution in [-0.4, -0.2) is 21.6 Å². The van der Waals surface area contributed by atoms with E-state index in [2.05, 4.69) is 0 Å². The van der Waals surface area contributed by atoms with Gasteiger partial charge < -0.3 is 5.11 Å². The van der Waals surface area contributed by atoms with Crippen LogP contribution in [0.25, 0.3) is 10.9 Å². The number of para-hydroxylation sites is 1. The number of rotatable bonds is 5. The second-order valence-corrected chi connectivity index (χ2v) is 7.84. The zero-order chi connectivity index (χ0) is 21.1. The number of benzene rings is 3. The van der Waals surface area contributed by atoms with Gasteiger partial charge in [0.15, 0.2) is 0 Å². The fraction of sp³-hybridized carbons (Fsp3) is 0.0417. The van der Waals surface area contributed by atoms with Gasteiger partial charge in [-0.15, -0.1) is 0 Å². The summed E-state index contributed by atoms with van der Waals surface area (Å²) in [5.74, 6) is -1.82. The lowest BCUT2D eigenvalue weighted by molar-refractivity contribution is 0.0694. The Morgan fingerprint density at radius 1 is 0.833 bits per heavy atom. The van der Waals surface area contributed by atoms with Gasteiger partial charge in [-0.3, -0.25) is 9.59 Å². The molecule has 0 amide bonds. The molecule has 0 radical (unpaired) electrons. The van der Waals surface area contributed by atoms with Crippen LogP contribution in [0.3, 0.4) is 0 Å². The molecule has 4 aromatic rings.